The van der Waals surface area contributed by atoms with E-state index in [-0.39, 0.29) is 0 Å². The highest BCUT2D eigenvalue weighted by atomic mass is 14.2. The van der Waals surface area contributed by atoms with Crippen molar-refractivity contribution in [2.45, 2.75) is 90.4 Å². The lowest BCUT2D eigenvalue weighted by atomic mass is 9.96. The summed E-state index contributed by atoms with van der Waals surface area (Å²) in [6, 6.07) is 15.9. The first-order chi connectivity index (χ1) is 12.9. The molecule has 0 aromatic heterocycles. The molecule has 0 radical (unpaired) electrons. The summed E-state index contributed by atoms with van der Waals surface area (Å²) in [5.74, 6) is 0. The van der Waals surface area contributed by atoms with E-state index in [9.17, 15) is 0 Å². The van der Waals surface area contributed by atoms with Gasteiger partial charge >= 0.3 is 0 Å². The van der Waals surface area contributed by atoms with E-state index < -0.39 is 0 Å². The van der Waals surface area contributed by atoms with Crippen LogP contribution in [0.4, 0.5) is 0 Å². The van der Waals surface area contributed by atoms with E-state index in [1.165, 1.54) is 93.7 Å². The van der Waals surface area contributed by atoms with Gasteiger partial charge in [0.05, 0.1) is 0 Å². The molecule has 0 saturated heterocycles. The monoisotopic (exact) mass is 348 g/mol. The highest BCUT2D eigenvalue weighted by Crippen LogP contribution is 2.38. The Morgan fingerprint density at radius 1 is 0.615 bits per heavy atom. The zero-order valence-corrected chi connectivity index (χ0v) is 16.7. The zero-order valence-electron chi connectivity index (χ0n) is 16.7. The van der Waals surface area contributed by atoms with Gasteiger partial charge in [0.15, 0.2) is 0 Å². The molecular formula is C26H36. The van der Waals surface area contributed by atoms with Crippen LogP contribution in [0.15, 0.2) is 42.5 Å². The van der Waals surface area contributed by atoms with Gasteiger partial charge in [0.25, 0.3) is 0 Å². The summed E-state index contributed by atoms with van der Waals surface area (Å²) in [6.07, 6.45) is 18.0. The van der Waals surface area contributed by atoms with Gasteiger partial charge in [0, 0.05) is 0 Å². The zero-order chi connectivity index (χ0) is 18.0. The lowest BCUT2D eigenvalue weighted by Gasteiger charge is -2.08. The second-order valence-electron chi connectivity index (χ2n) is 8.06. The lowest BCUT2D eigenvalue weighted by molar-refractivity contribution is 0.549. The Kier molecular flexibility index (Phi) is 7.80. The number of hydrogen-bond acceptors (Lipinski definition) is 0. The van der Waals surface area contributed by atoms with Crippen molar-refractivity contribution in [3.05, 3.63) is 59.2 Å². The second kappa shape index (κ2) is 10.6. The van der Waals surface area contributed by atoms with Crippen LogP contribution in [0.2, 0.25) is 0 Å². The summed E-state index contributed by atoms with van der Waals surface area (Å²) < 4.78 is 0. The van der Waals surface area contributed by atoms with Gasteiger partial charge in [-0.15, -0.1) is 0 Å². The average Bonchev–Trinajstić information content (AvgIpc) is 3.06. The van der Waals surface area contributed by atoms with E-state index in [1.807, 2.05) is 0 Å². The molecule has 1 aliphatic carbocycles. The lowest BCUT2D eigenvalue weighted by Crippen LogP contribution is -1.93. The molecule has 2 aromatic rings. The smallest absolute Gasteiger partial charge is 0.00107 e. The van der Waals surface area contributed by atoms with Crippen LogP contribution >= 0.6 is 0 Å². The Labute approximate surface area is 161 Å². The highest BCUT2D eigenvalue weighted by Gasteiger charge is 2.19. The van der Waals surface area contributed by atoms with Crippen LogP contribution in [0.25, 0.3) is 11.1 Å². The molecule has 0 bridgehead atoms. The maximum absolute atomic E-state index is 2.36. The summed E-state index contributed by atoms with van der Waals surface area (Å²) in [5, 5.41) is 0. The van der Waals surface area contributed by atoms with E-state index in [2.05, 4.69) is 49.4 Å². The molecule has 3 rings (SSSR count). The average molecular weight is 349 g/mol. The highest BCUT2D eigenvalue weighted by molar-refractivity contribution is 5.77. The molecule has 26 heavy (non-hydrogen) atoms. The van der Waals surface area contributed by atoms with Gasteiger partial charge < -0.3 is 0 Å². The van der Waals surface area contributed by atoms with Crippen LogP contribution in [0, 0.1) is 0 Å². The molecule has 0 heteroatoms. The van der Waals surface area contributed by atoms with E-state index in [0.717, 1.165) is 6.42 Å². The van der Waals surface area contributed by atoms with E-state index in [1.54, 1.807) is 11.1 Å². The molecule has 0 aliphatic heterocycles. The summed E-state index contributed by atoms with van der Waals surface area (Å²) in [5.41, 5.74) is 7.65. The fourth-order valence-electron chi connectivity index (χ4n) is 4.44. The first-order valence-corrected chi connectivity index (χ1v) is 11.1. The fourth-order valence-corrected chi connectivity index (χ4v) is 4.44. The summed E-state index contributed by atoms with van der Waals surface area (Å²) in [7, 11) is 0. The molecule has 0 spiro atoms. The third-order valence-electron chi connectivity index (χ3n) is 6.00. The number of unbranched alkanes of at least 4 members (excludes halogenated alkanes) is 10. The number of benzene rings is 2. The van der Waals surface area contributed by atoms with Gasteiger partial charge in [-0.1, -0.05) is 114 Å². The second-order valence-corrected chi connectivity index (χ2v) is 8.06. The normalized spacial score (nSPS) is 12.2. The Bertz CT molecular complexity index is 667. The molecule has 2 aromatic carbocycles. The Balaban J connectivity index is 1.33. The maximum atomic E-state index is 2.36. The van der Waals surface area contributed by atoms with Gasteiger partial charge in [-0.3, -0.25) is 0 Å². The summed E-state index contributed by atoms with van der Waals surface area (Å²) in [6.45, 7) is 2.29. The quantitative estimate of drug-likeness (QED) is 0.290. The van der Waals surface area contributed by atoms with Crippen molar-refractivity contribution < 1.29 is 0 Å². The number of hydrogen-bond donors (Lipinski definition) is 0. The van der Waals surface area contributed by atoms with Crippen molar-refractivity contribution in [1.82, 2.24) is 0 Å². The van der Waals surface area contributed by atoms with Crippen molar-refractivity contribution in [1.29, 1.82) is 0 Å². The van der Waals surface area contributed by atoms with Crippen LogP contribution in [0.1, 0.15) is 94.2 Å². The van der Waals surface area contributed by atoms with Gasteiger partial charge in [-0.05, 0) is 47.1 Å². The Morgan fingerprint density at radius 3 is 1.96 bits per heavy atom. The largest absolute Gasteiger partial charge is 0.0654 e. The minimum atomic E-state index is 1.14. The molecule has 1 aliphatic rings. The van der Waals surface area contributed by atoms with Gasteiger partial charge in [0.2, 0.25) is 0 Å². The van der Waals surface area contributed by atoms with E-state index in [4.69, 9.17) is 0 Å². The van der Waals surface area contributed by atoms with Crippen LogP contribution in [0.3, 0.4) is 0 Å². The molecule has 140 valence electrons. The Morgan fingerprint density at radius 2 is 1.23 bits per heavy atom. The van der Waals surface area contributed by atoms with Crippen LogP contribution in [-0.4, -0.2) is 0 Å². The van der Waals surface area contributed by atoms with Crippen molar-refractivity contribution in [3.8, 4) is 11.1 Å². The van der Waals surface area contributed by atoms with Gasteiger partial charge in [-0.25, -0.2) is 0 Å². The predicted molar refractivity (Wildman–Crippen MR) is 115 cm³/mol. The third kappa shape index (κ3) is 5.22. The molecule has 0 N–H and O–H groups in total. The van der Waals surface area contributed by atoms with Crippen molar-refractivity contribution >= 4 is 0 Å². The number of aryl methyl sites for hydroxylation is 1. The minimum absolute atomic E-state index is 1.14. The fraction of sp³-hybridized carbons (Fsp3) is 0.538. The van der Waals surface area contributed by atoms with E-state index >= 15 is 0 Å². The van der Waals surface area contributed by atoms with Crippen LogP contribution in [-0.2, 0) is 12.8 Å². The van der Waals surface area contributed by atoms with Crippen molar-refractivity contribution in [2.24, 2.45) is 0 Å². The van der Waals surface area contributed by atoms with Crippen molar-refractivity contribution in [2.75, 3.05) is 0 Å². The molecule has 0 saturated carbocycles. The molecule has 0 heterocycles. The molecule has 0 unspecified atom stereocenters. The summed E-state index contributed by atoms with van der Waals surface area (Å²) in [4.78, 5) is 0. The van der Waals surface area contributed by atoms with E-state index in [0.29, 0.717) is 0 Å². The molecule has 0 amide bonds. The molecule has 0 atom stereocenters. The molecular weight excluding hydrogens is 312 g/mol. The maximum Gasteiger partial charge on any atom is -0.00107 e. The minimum Gasteiger partial charge on any atom is -0.0654 e. The molecule has 0 nitrogen and oxygen atoms in total. The van der Waals surface area contributed by atoms with Crippen LogP contribution in [0.5, 0.6) is 0 Å². The van der Waals surface area contributed by atoms with Crippen LogP contribution < -0.4 is 0 Å². The predicted octanol–water partition coefficient (Wildman–Crippen LogP) is 8.11. The first-order valence-electron chi connectivity index (χ1n) is 11.1. The van der Waals surface area contributed by atoms with Crippen molar-refractivity contribution in [3.63, 3.8) is 0 Å². The first kappa shape index (κ1) is 19.2. The number of fused-ring (bicyclic) bond motifs is 3. The Hall–Kier alpha value is -1.56. The van der Waals surface area contributed by atoms with Gasteiger partial charge in [0.1, 0.15) is 0 Å². The standard InChI is InChI=1S/C26H36/c1-2-3-4-5-6-7-8-9-10-11-12-16-22-18-15-20-25-24-19-14-13-17-23(24)21-26(22)25/h13-15,17-20H,2-12,16,21H2,1H3. The van der Waals surface area contributed by atoms with Gasteiger partial charge in [-0.2, -0.15) is 0 Å². The number of rotatable bonds is 12. The SMILES string of the molecule is CCCCCCCCCCCCCc1cccc2c1Cc1ccccc1-2. The molecule has 0 fully saturated rings. The third-order valence-corrected chi connectivity index (χ3v) is 6.00. The summed E-state index contributed by atoms with van der Waals surface area (Å²) >= 11 is 0. The topological polar surface area (TPSA) is 0 Å².